The van der Waals surface area contributed by atoms with Crippen LogP contribution in [0.4, 0.5) is 4.39 Å². The van der Waals surface area contributed by atoms with E-state index >= 15 is 0 Å². The molecule has 0 aromatic carbocycles. The maximum Gasteiger partial charge on any atom is 0.164 e. The van der Waals surface area contributed by atoms with E-state index in [9.17, 15) is 14.6 Å². The highest BCUT2D eigenvalue weighted by Gasteiger charge is 2.14. The monoisotopic (exact) mass is 277 g/mol. The molecule has 0 saturated heterocycles. The van der Waals surface area contributed by atoms with E-state index in [0.29, 0.717) is 25.0 Å². The molecule has 0 amide bonds. The van der Waals surface area contributed by atoms with Gasteiger partial charge in [0.15, 0.2) is 16.8 Å². The van der Waals surface area contributed by atoms with Crippen molar-refractivity contribution in [3.8, 4) is 0 Å². The first-order valence-electron chi connectivity index (χ1n) is 5.65. The molecule has 0 bridgehead atoms. The van der Waals surface area contributed by atoms with Crippen LogP contribution in [0.15, 0.2) is 12.3 Å². The number of nitrogens with zero attached hydrogens (tertiary/aromatic N) is 1. The molecule has 0 radical (unpaired) electrons. The molecule has 18 heavy (non-hydrogen) atoms. The molecule has 102 valence electrons. The van der Waals surface area contributed by atoms with E-state index < -0.39 is 17.7 Å². The quantitative estimate of drug-likeness (QED) is 0.476. The molecule has 2 N–H and O–H groups in total. The predicted octanol–water partition coefficient (Wildman–Crippen LogP) is 2.43. The second kappa shape index (κ2) is 6.43. The molecule has 1 atom stereocenters. The van der Waals surface area contributed by atoms with E-state index in [0.717, 1.165) is 6.07 Å². The summed E-state index contributed by atoms with van der Waals surface area (Å²) in [5, 5.41) is 18.9. The standard InChI is InChI=1S/C12H17ClFNO3/c1-12(2,17)18-5-3-4-10(16)8-6-9(14)11(13)15-7-8/h6-7,10,16-17H,3-5H2,1-2H3. The Morgan fingerprint density at radius 1 is 1.56 bits per heavy atom. The smallest absolute Gasteiger partial charge is 0.164 e. The zero-order chi connectivity index (χ0) is 13.8. The van der Waals surface area contributed by atoms with Gasteiger partial charge in [-0.05, 0) is 32.8 Å². The zero-order valence-corrected chi connectivity index (χ0v) is 11.1. The third kappa shape index (κ3) is 5.27. The van der Waals surface area contributed by atoms with E-state index in [1.807, 2.05) is 0 Å². The summed E-state index contributed by atoms with van der Waals surface area (Å²) < 4.78 is 18.2. The summed E-state index contributed by atoms with van der Waals surface area (Å²) in [6.45, 7) is 3.37. The van der Waals surface area contributed by atoms with Gasteiger partial charge in [0.05, 0.1) is 12.7 Å². The van der Waals surface area contributed by atoms with E-state index in [-0.39, 0.29) is 5.15 Å². The number of ether oxygens (including phenoxy) is 1. The van der Waals surface area contributed by atoms with Crippen LogP contribution in [0.2, 0.25) is 5.15 Å². The van der Waals surface area contributed by atoms with Gasteiger partial charge in [0, 0.05) is 11.8 Å². The van der Waals surface area contributed by atoms with Crippen molar-refractivity contribution >= 4 is 11.6 Å². The van der Waals surface area contributed by atoms with Gasteiger partial charge < -0.3 is 14.9 Å². The van der Waals surface area contributed by atoms with Gasteiger partial charge in [0.1, 0.15) is 0 Å². The van der Waals surface area contributed by atoms with Crippen molar-refractivity contribution in [1.29, 1.82) is 0 Å². The van der Waals surface area contributed by atoms with Crippen LogP contribution in [0.25, 0.3) is 0 Å². The van der Waals surface area contributed by atoms with E-state index in [2.05, 4.69) is 4.98 Å². The minimum atomic E-state index is -1.18. The molecule has 1 heterocycles. The van der Waals surface area contributed by atoms with Gasteiger partial charge in [0.25, 0.3) is 0 Å². The van der Waals surface area contributed by atoms with Gasteiger partial charge in [0.2, 0.25) is 0 Å². The Balaban J connectivity index is 2.41. The summed E-state index contributed by atoms with van der Waals surface area (Å²) >= 11 is 5.45. The first kappa shape index (κ1) is 15.3. The topological polar surface area (TPSA) is 62.6 Å². The second-order valence-corrected chi connectivity index (χ2v) is 4.85. The fraction of sp³-hybridized carbons (Fsp3) is 0.583. The number of aliphatic hydroxyl groups is 2. The number of pyridine rings is 1. The molecule has 1 rings (SSSR count). The number of hydrogen-bond acceptors (Lipinski definition) is 4. The molecule has 0 saturated carbocycles. The molecule has 6 heteroatoms. The largest absolute Gasteiger partial charge is 0.388 e. The summed E-state index contributed by atoms with van der Waals surface area (Å²) in [6, 6.07) is 1.16. The summed E-state index contributed by atoms with van der Waals surface area (Å²) in [4.78, 5) is 3.63. The lowest BCUT2D eigenvalue weighted by molar-refractivity contribution is -0.177. The fourth-order valence-corrected chi connectivity index (χ4v) is 1.49. The van der Waals surface area contributed by atoms with Gasteiger partial charge in [-0.15, -0.1) is 0 Å². The van der Waals surface area contributed by atoms with Crippen molar-refractivity contribution in [2.75, 3.05) is 6.61 Å². The molecule has 1 unspecified atom stereocenters. The molecular weight excluding hydrogens is 261 g/mol. The van der Waals surface area contributed by atoms with E-state index in [1.165, 1.54) is 20.0 Å². The van der Waals surface area contributed by atoms with Crippen LogP contribution >= 0.6 is 11.6 Å². The Hall–Kier alpha value is -0.750. The molecule has 4 nitrogen and oxygen atoms in total. The zero-order valence-electron chi connectivity index (χ0n) is 10.4. The average Bonchev–Trinajstić information content (AvgIpc) is 2.26. The Morgan fingerprint density at radius 2 is 2.22 bits per heavy atom. The Morgan fingerprint density at radius 3 is 2.78 bits per heavy atom. The molecule has 1 aromatic heterocycles. The fourth-order valence-electron chi connectivity index (χ4n) is 1.38. The number of halogens is 2. The first-order valence-corrected chi connectivity index (χ1v) is 6.03. The van der Waals surface area contributed by atoms with Crippen LogP contribution in [-0.2, 0) is 4.74 Å². The summed E-state index contributed by atoms with van der Waals surface area (Å²) in [7, 11) is 0. The molecule has 1 aromatic rings. The van der Waals surface area contributed by atoms with Crippen LogP contribution in [0.3, 0.4) is 0 Å². The molecule has 0 aliphatic heterocycles. The highest BCUT2D eigenvalue weighted by atomic mass is 35.5. The van der Waals surface area contributed by atoms with Gasteiger partial charge in [-0.2, -0.15) is 0 Å². The summed E-state index contributed by atoms with van der Waals surface area (Å²) in [6.07, 6.45) is 1.44. The van der Waals surface area contributed by atoms with Crippen molar-refractivity contribution in [3.63, 3.8) is 0 Å². The van der Waals surface area contributed by atoms with Crippen LogP contribution in [0, 0.1) is 5.82 Å². The highest BCUT2D eigenvalue weighted by Crippen LogP contribution is 2.21. The average molecular weight is 278 g/mol. The Bertz CT molecular complexity index is 395. The normalized spacial score (nSPS) is 13.7. The lowest BCUT2D eigenvalue weighted by Crippen LogP contribution is -2.23. The molecule has 0 spiro atoms. The third-order valence-electron chi connectivity index (χ3n) is 2.28. The van der Waals surface area contributed by atoms with Crippen LogP contribution in [0.1, 0.15) is 38.4 Å². The number of aromatic nitrogens is 1. The predicted molar refractivity (Wildman–Crippen MR) is 65.6 cm³/mol. The van der Waals surface area contributed by atoms with Gasteiger partial charge in [-0.3, -0.25) is 0 Å². The SMILES string of the molecule is CC(C)(O)OCCCC(O)c1cnc(Cl)c(F)c1. The molecular formula is C12H17ClFNO3. The lowest BCUT2D eigenvalue weighted by Gasteiger charge is -2.18. The van der Waals surface area contributed by atoms with Crippen molar-refractivity contribution in [3.05, 3.63) is 28.8 Å². The lowest BCUT2D eigenvalue weighted by atomic mass is 10.1. The van der Waals surface area contributed by atoms with Crippen LogP contribution < -0.4 is 0 Å². The van der Waals surface area contributed by atoms with E-state index in [4.69, 9.17) is 16.3 Å². The maximum absolute atomic E-state index is 13.1. The maximum atomic E-state index is 13.1. The Kier molecular flexibility index (Phi) is 5.47. The van der Waals surface area contributed by atoms with Crippen molar-refractivity contribution < 1.29 is 19.3 Å². The highest BCUT2D eigenvalue weighted by molar-refractivity contribution is 6.29. The number of hydrogen-bond donors (Lipinski definition) is 2. The third-order valence-corrected chi connectivity index (χ3v) is 2.56. The van der Waals surface area contributed by atoms with Crippen LogP contribution in [-0.4, -0.2) is 27.6 Å². The van der Waals surface area contributed by atoms with Crippen LogP contribution in [0.5, 0.6) is 0 Å². The molecule has 0 aliphatic rings. The summed E-state index contributed by atoms with van der Waals surface area (Å²) in [5.74, 6) is -1.83. The van der Waals surface area contributed by atoms with E-state index in [1.54, 1.807) is 0 Å². The van der Waals surface area contributed by atoms with Crippen molar-refractivity contribution in [1.82, 2.24) is 4.98 Å². The molecule has 0 fully saturated rings. The van der Waals surface area contributed by atoms with Crippen molar-refractivity contribution in [2.45, 2.75) is 38.6 Å². The van der Waals surface area contributed by atoms with Crippen molar-refractivity contribution in [2.24, 2.45) is 0 Å². The summed E-state index contributed by atoms with van der Waals surface area (Å²) in [5.41, 5.74) is 0.375. The Labute approximate surface area is 110 Å². The second-order valence-electron chi connectivity index (χ2n) is 4.49. The molecule has 0 aliphatic carbocycles. The number of rotatable bonds is 6. The van der Waals surface area contributed by atoms with Gasteiger partial charge in [-0.1, -0.05) is 11.6 Å². The minimum absolute atomic E-state index is 0.212. The number of aliphatic hydroxyl groups excluding tert-OH is 1. The minimum Gasteiger partial charge on any atom is -0.388 e. The van der Waals surface area contributed by atoms with Gasteiger partial charge >= 0.3 is 0 Å². The first-order chi connectivity index (χ1) is 8.29. The van der Waals surface area contributed by atoms with Gasteiger partial charge in [-0.25, -0.2) is 9.37 Å².